The van der Waals surface area contributed by atoms with Crippen LogP contribution in [0, 0.1) is 0 Å². The fraction of sp³-hybridized carbons (Fsp3) is 0.385. The van der Waals surface area contributed by atoms with Gasteiger partial charge in [-0.15, -0.1) is 0 Å². The molecule has 0 aliphatic carbocycles. The maximum atomic E-state index is 12.0. The Bertz CT molecular complexity index is 670. The molecule has 1 heterocycles. The fourth-order valence-electron chi connectivity index (χ4n) is 2.01. The maximum absolute atomic E-state index is 12.0. The first kappa shape index (κ1) is 16.2. The largest absolute Gasteiger partial charge is 0.478 e. The van der Waals surface area contributed by atoms with Gasteiger partial charge >= 0.3 is 12.1 Å². The van der Waals surface area contributed by atoms with E-state index in [2.05, 4.69) is 4.72 Å². The normalized spacial score (nSPS) is 18.3. The molecule has 8 nitrogen and oxygen atoms in total. The van der Waals surface area contributed by atoms with Crippen LogP contribution in [0.15, 0.2) is 29.2 Å². The van der Waals surface area contributed by atoms with Crippen LogP contribution in [0.2, 0.25) is 0 Å². The summed E-state index contributed by atoms with van der Waals surface area (Å²) in [7, 11) is -2.11. The number of benzene rings is 1. The van der Waals surface area contributed by atoms with Gasteiger partial charge in [0.1, 0.15) is 6.10 Å². The fourth-order valence-corrected chi connectivity index (χ4v) is 3.06. The lowest BCUT2D eigenvalue weighted by molar-refractivity contribution is 0.0696. The van der Waals surface area contributed by atoms with E-state index in [1.54, 1.807) is 7.05 Å². The van der Waals surface area contributed by atoms with Crippen molar-refractivity contribution in [1.29, 1.82) is 0 Å². The smallest absolute Gasteiger partial charge is 0.409 e. The molecule has 1 aromatic rings. The predicted octanol–water partition coefficient (Wildman–Crippen LogP) is 0.504. The lowest BCUT2D eigenvalue weighted by Gasteiger charge is -2.10. The van der Waals surface area contributed by atoms with Crippen LogP contribution in [0.3, 0.4) is 0 Å². The van der Waals surface area contributed by atoms with Crippen molar-refractivity contribution in [1.82, 2.24) is 9.62 Å². The van der Waals surface area contributed by atoms with Gasteiger partial charge in [0.15, 0.2) is 0 Å². The Morgan fingerprint density at radius 2 is 2.05 bits per heavy atom. The van der Waals surface area contributed by atoms with Gasteiger partial charge in [-0.1, -0.05) is 0 Å². The summed E-state index contributed by atoms with van der Waals surface area (Å²) in [5, 5.41) is 8.77. The molecule has 1 unspecified atom stereocenters. The number of rotatable bonds is 6. The quantitative estimate of drug-likeness (QED) is 0.786. The molecule has 0 saturated carbocycles. The van der Waals surface area contributed by atoms with E-state index in [0.717, 1.165) is 0 Å². The van der Waals surface area contributed by atoms with Crippen LogP contribution in [0.1, 0.15) is 16.8 Å². The zero-order valence-electron chi connectivity index (χ0n) is 11.9. The second kappa shape index (κ2) is 6.32. The monoisotopic (exact) mass is 328 g/mol. The number of hydrogen-bond donors (Lipinski definition) is 2. The first-order valence-electron chi connectivity index (χ1n) is 6.54. The zero-order chi connectivity index (χ0) is 16.3. The van der Waals surface area contributed by atoms with E-state index in [1.807, 2.05) is 0 Å². The molecule has 2 rings (SSSR count). The van der Waals surface area contributed by atoms with Gasteiger partial charge in [-0.2, -0.15) is 0 Å². The highest BCUT2D eigenvalue weighted by atomic mass is 32.2. The predicted molar refractivity (Wildman–Crippen MR) is 76.1 cm³/mol. The first-order valence-corrected chi connectivity index (χ1v) is 8.02. The number of sulfonamides is 1. The number of carbonyl (C=O) groups is 2. The molecule has 1 aliphatic heterocycles. The van der Waals surface area contributed by atoms with E-state index in [9.17, 15) is 18.0 Å². The van der Waals surface area contributed by atoms with E-state index in [1.165, 1.54) is 29.2 Å². The minimum atomic E-state index is -3.72. The van der Waals surface area contributed by atoms with E-state index in [-0.39, 0.29) is 23.1 Å². The average molecular weight is 328 g/mol. The van der Waals surface area contributed by atoms with Crippen molar-refractivity contribution >= 4 is 22.1 Å². The molecular weight excluding hydrogens is 312 g/mol. The molecule has 9 heteroatoms. The Morgan fingerprint density at radius 1 is 1.41 bits per heavy atom. The molecular formula is C13H16N2O6S. The van der Waals surface area contributed by atoms with E-state index in [0.29, 0.717) is 13.0 Å². The van der Waals surface area contributed by atoms with Gasteiger partial charge in [0.2, 0.25) is 10.0 Å². The van der Waals surface area contributed by atoms with E-state index < -0.39 is 22.1 Å². The highest BCUT2D eigenvalue weighted by molar-refractivity contribution is 7.89. The van der Waals surface area contributed by atoms with Crippen LogP contribution in [0.25, 0.3) is 0 Å². The minimum absolute atomic E-state index is 0.0138. The van der Waals surface area contributed by atoms with E-state index >= 15 is 0 Å². The summed E-state index contributed by atoms with van der Waals surface area (Å²) in [5.41, 5.74) is 0.0138. The molecule has 1 fully saturated rings. The number of carboxylic acid groups (broad SMARTS) is 1. The molecule has 1 saturated heterocycles. The van der Waals surface area contributed by atoms with Crippen molar-refractivity contribution < 1.29 is 27.9 Å². The van der Waals surface area contributed by atoms with Gasteiger partial charge < -0.3 is 14.7 Å². The second-order valence-electron chi connectivity index (χ2n) is 4.90. The average Bonchev–Trinajstić information content (AvgIpc) is 2.77. The topological polar surface area (TPSA) is 113 Å². The van der Waals surface area contributed by atoms with Gasteiger partial charge in [-0.3, -0.25) is 0 Å². The van der Waals surface area contributed by atoms with Crippen molar-refractivity contribution in [3.05, 3.63) is 29.8 Å². The summed E-state index contributed by atoms with van der Waals surface area (Å²) in [5.74, 6) is -1.12. The van der Waals surface area contributed by atoms with Crippen LogP contribution in [0.5, 0.6) is 0 Å². The summed E-state index contributed by atoms with van der Waals surface area (Å²) < 4.78 is 31.5. The number of nitrogens with one attached hydrogen (secondary N) is 1. The number of amides is 1. The second-order valence-corrected chi connectivity index (χ2v) is 6.67. The van der Waals surface area contributed by atoms with Gasteiger partial charge in [-0.05, 0) is 30.7 Å². The number of carboxylic acids is 1. The van der Waals surface area contributed by atoms with Crippen LogP contribution < -0.4 is 4.72 Å². The molecule has 0 bridgehead atoms. The summed E-state index contributed by atoms with van der Waals surface area (Å²) in [6, 6.07) is 4.92. The molecule has 1 aliphatic rings. The Balaban J connectivity index is 1.91. The number of hydrogen-bond acceptors (Lipinski definition) is 5. The molecule has 22 heavy (non-hydrogen) atoms. The number of likely N-dealkylation sites (N-methyl/N-ethyl adjacent to an activating group) is 1. The maximum Gasteiger partial charge on any atom is 0.409 e. The zero-order valence-corrected chi connectivity index (χ0v) is 12.7. The molecule has 1 atom stereocenters. The Labute approximate surface area is 127 Å². The van der Waals surface area contributed by atoms with Crippen molar-refractivity contribution in [3.63, 3.8) is 0 Å². The highest BCUT2D eigenvalue weighted by Gasteiger charge is 2.28. The van der Waals surface area contributed by atoms with Crippen molar-refractivity contribution in [2.24, 2.45) is 0 Å². The lowest BCUT2D eigenvalue weighted by Crippen LogP contribution is -2.28. The third-order valence-corrected chi connectivity index (χ3v) is 4.70. The van der Waals surface area contributed by atoms with Crippen molar-refractivity contribution in [3.8, 4) is 0 Å². The summed E-state index contributed by atoms with van der Waals surface area (Å²) in [6.45, 7) is 0.544. The SMILES string of the molecule is CN1CC(CCNS(=O)(=O)c2ccc(C(=O)O)cc2)OC1=O. The molecule has 0 spiro atoms. The molecule has 0 radical (unpaired) electrons. The van der Waals surface area contributed by atoms with Gasteiger partial charge in [0.25, 0.3) is 0 Å². The highest BCUT2D eigenvalue weighted by Crippen LogP contribution is 2.13. The standard InChI is InChI=1S/C13H16N2O6S/c1-15-8-10(21-13(15)18)6-7-14-22(19,20)11-4-2-9(3-5-11)12(16)17/h2-5,10,14H,6-8H2,1H3,(H,16,17). The Kier molecular flexibility index (Phi) is 4.67. The Morgan fingerprint density at radius 3 is 2.55 bits per heavy atom. The number of aromatic carboxylic acids is 1. The minimum Gasteiger partial charge on any atom is -0.478 e. The molecule has 1 aromatic carbocycles. The number of nitrogens with zero attached hydrogens (tertiary/aromatic N) is 1. The number of carbonyl (C=O) groups excluding carboxylic acids is 1. The van der Waals surface area contributed by atoms with Gasteiger partial charge in [0.05, 0.1) is 17.0 Å². The molecule has 1 amide bonds. The van der Waals surface area contributed by atoms with E-state index in [4.69, 9.17) is 9.84 Å². The first-order chi connectivity index (χ1) is 10.3. The summed E-state index contributed by atoms with van der Waals surface area (Å²) >= 11 is 0. The summed E-state index contributed by atoms with van der Waals surface area (Å²) in [4.78, 5) is 23.3. The van der Waals surface area contributed by atoms with Gasteiger partial charge in [-0.25, -0.2) is 22.7 Å². The van der Waals surface area contributed by atoms with Crippen LogP contribution in [-0.4, -0.2) is 56.7 Å². The molecule has 0 aromatic heterocycles. The van der Waals surface area contributed by atoms with Crippen molar-refractivity contribution in [2.45, 2.75) is 17.4 Å². The molecule has 2 N–H and O–H groups in total. The Hall–Kier alpha value is -2.13. The summed E-state index contributed by atoms with van der Waals surface area (Å²) in [6.07, 6.45) is -0.394. The lowest BCUT2D eigenvalue weighted by atomic mass is 10.2. The van der Waals surface area contributed by atoms with Crippen LogP contribution >= 0.6 is 0 Å². The number of cyclic esters (lactones) is 1. The third-order valence-electron chi connectivity index (χ3n) is 3.23. The van der Waals surface area contributed by atoms with Crippen LogP contribution in [0.4, 0.5) is 4.79 Å². The third kappa shape index (κ3) is 3.74. The molecule has 120 valence electrons. The number of ether oxygens (including phenoxy) is 1. The van der Waals surface area contributed by atoms with Crippen LogP contribution in [-0.2, 0) is 14.8 Å². The van der Waals surface area contributed by atoms with Gasteiger partial charge in [0, 0.05) is 13.6 Å². The van der Waals surface area contributed by atoms with Crippen molar-refractivity contribution in [2.75, 3.05) is 20.1 Å².